The van der Waals surface area contributed by atoms with Crippen LogP contribution in [0.15, 0.2) is 29.2 Å². The lowest BCUT2D eigenvalue weighted by Gasteiger charge is -2.39. The minimum Gasteiger partial charge on any atom is -0.396 e. The van der Waals surface area contributed by atoms with Crippen LogP contribution in [0.3, 0.4) is 0 Å². The van der Waals surface area contributed by atoms with Gasteiger partial charge in [0.1, 0.15) is 0 Å². The molecule has 4 heteroatoms. The van der Waals surface area contributed by atoms with E-state index in [2.05, 4.69) is 47.4 Å². The third kappa shape index (κ3) is 4.21. The number of hydrogen-bond donors (Lipinski definition) is 1. The number of thioether (sulfide) groups is 1. The zero-order valence-electron chi connectivity index (χ0n) is 11.9. The van der Waals surface area contributed by atoms with Gasteiger partial charge in [0.15, 0.2) is 0 Å². The number of rotatable bonds is 5. The number of piperazine rings is 1. The molecule has 2 rings (SSSR count). The molecule has 0 spiro atoms. The Morgan fingerprint density at radius 1 is 1.37 bits per heavy atom. The van der Waals surface area contributed by atoms with Crippen LogP contribution in [0, 0.1) is 0 Å². The van der Waals surface area contributed by atoms with Crippen molar-refractivity contribution in [1.82, 2.24) is 9.80 Å². The molecule has 1 saturated heterocycles. The molecular weight excluding hydrogens is 256 g/mol. The van der Waals surface area contributed by atoms with Crippen LogP contribution in [0.2, 0.25) is 0 Å². The summed E-state index contributed by atoms with van der Waals surface area (Å²) in [6.45, 7) is 4.56. The van der Waals surface area contributed by atoms with Gasteiger partial charge in [-0.3, -0.25) is 4.90 Å². The predicted molar refractivity (Wildman–Crippen MR) is 81.6 cm³/mol. The molecule has 1 N–H and O–H groups in total. The molecular formula is C15H24N2OS. The molecule has 1 heterocycles. The highest BCUT2D eigenvalue weighted by atomic mass is 32.2. The van der Waals surface area contributed by atoms with Gasteiger partial charge in [0.25, 0.3) is 0 Å². The fourth-order valence-electron chi connectivity index (χ4n) is 2.64. The van der Waals surface area contributed by atoms with E-state index in [0.717, 1.165) is 32.6 Å². The first kappa shape index (κ1) is 14.9. The first-order chi connectivity index (χ1) is 9.22. The van der Waals surface area contributed by atoms with Crippen LogP contribution in [0.4, 0.5) is 0 Å². The van der Waals surface area contributed by atoms with E-state index in [-0.39, 0.29) is 6.61 Å². The summed E-state index contributed by atoms with van der Waals surface area (Å²) in [5.41, 5.74) is 1.39. The summed E-state index contributed by atoms with van der Waals surface area (Å²) in [5.74, 6) is 0. The summed E-state index contributed by atoms with van der Waals surface area (Å²) < 4.78 is 0. The average Bonchev–Trinajstić information content (AvgIpc) is 2.43. The van der Waals surface area contributed by atoms with Crippen LogP contribution >= 0.6 is 11.8 Å². The third-order valence-corrected chi connectivity index (χ3v) is 4.59. The van der Waals surface area contributed by atoms with Gasteiger partial charge in [-0.25, -0.2) is 0 Å². The Hall–Kier alpha value is -0.550. The van der Waals surface area contributed by atoms with Crippen LogP contribution in [0.5, 0.6) is 0 Å². The fourth-order valence-corrected chi connectivity index (χ4v) is 3.13. The van der Waals surface area contributed by atoms with Gasteiger partial charge < -0.3 is 10.0 Å². The minimum atomic E-state index is 0.283. The van der Waals surface area contributed by atoms with Crippen molar-refractivity contribution in [1.29, 1.82) is 0 Å². The molecule has 1 aromatic rings. The van der Waals surface area contributed by atoms with Crippen LogP contribution in [0.1, 0.15) is 12.0 Å². The van der Waals surface area contributed by atoms with Crippen molar-refractivity contribution in [2.45, 2.75) is 23.9 Å². The summed E-state index contributed by atoms with van der Waals surface area (Å²) in [7, 11) is 2.16. The van der Waals surface area contributed by atoms with Gasteiger partial charge in [-0.2, -0.15) is 0 Å². The Labute approximate surface area is 120 Å². The molecule has 106 valence electrons. The summed E-state index contributed by atoms with van der Waals surface area (Å²) in [5, 5.41) is 9.13. The smallest absolute Gasteiger partial charge is 0.0446 e. The summed E-state index contributed by atoms with van der Waals surface area (Å²) in [6.07, 6.45) is 2.99. The fraction of sp³-hybridized carbons (Fsp3) is 0.600. The van der Waals surface area contributed by atoms with Crippen molar-refractivity contribution < 1.29 is 5.11 Å². The normalized spacial score (nSPS) is 21.7. The molecule has 1 aliphatic rings. The van der Waals surface area contributed by atoms with E-state index in [4.69, 9.17) is 5.11 Å². The monoisotopic (exact) mass is 280 g/mol. The molecule has 3 nitrogen and oxygen atoms in total. The number of benzene rings is 1. The first-order valence-electron chi connectivity index (χ1n) is 6.89. The lowest BCUT2D eigenvalue weighted by molar-refractivity contribution is 0.0743. The Kier molecular flexibility index (Phi) is 5.70. The molecule has 0 radical (unpaired) electrons. The minimum absolute atomic E-state index is 0.283. The van der Waals surface area contributed by atoms with Gasteiger partial charge in [-0.05, 0) is 37.4 Å². The van der Waals surface area contributed by atoms with E-state index in [9.17, 15) is 0 Å². The van der Waals surface area contributed by atoms with E-state index in [1.807, 2.05) is 0 Å². The topological polar surface area (TPSA) is 26.7 Å². The number of likely N-dealkylation sites (N-methyl/N-ethyl adjacent to an activating group) is 1. The average molecular weight is 280 g/mol. The van der Waals surface area contributed by atoms with Crippen molar-refractivity contribution in [3.63, 3.8) is 0 Å². The van der Waals surface area contributed by atoms with E-state index in [1.54, 1.807) is 11.8 Å². The second-order valence-corrected chi connectivity index (χ2v) is 6.11. The zero-order chi connectivity index (χ0) is 13.7. The van der Waals surface area contributed by atoms with Crippen LogP contribution in [-0.2, 0) is 6.54 Å². The molecule has 1 aliphatic heterocycles. The number of aliphatic hydroxyl groups is 1. The third-order valence-electron chi connectivity index (χ3n) is 3.86. The van der Waals surface area contributed by atoms with Gasteiger partial charge in [0, 0.05) is 43.7 Å². The first-order valence-corrected chi connectivity index (χ1v) is 8.12. The second kappa shape index (κ2) is 7.29. The molecule has 0 amide bonds. The SMILES string of the molecule is CSc1cccc(CN2CCN(C)[C@@H](CCO)C2)c1. The van der Waals surface area contributed by atoms with Crippen molar-refractivity contribution >= 4 is 11.8 Å². The quantitative estimate of drug-likeness (QED) is 0.834. The van der Waals surface area contributed by atoms with Crippen LogP contribution in [0.25, 0.3) is 0 Å². The largest absolute Gasteiger partial charge is 0.396 e. The summed E-state index contributed by atoms with van der Waals surface area (Å²) >= 11 is 1.79. The molecule has 0 saturated carbocycles. The summed E-state index contributed by atoms with van der Waals surface area (Å²) in [6, 6.07) is 9.28. The van der Waals surface area contributed by atoms with E-state index in [1.165, 1.54) is 10.5 Å². The Bertz CT molecular complexity index is 399. The predicted octanol–water partition coefficient (Wildman–Crippen LogP) is 1.91. The Morgan fingerprint density at radius 2 is 2.21 bits per heavy atom. The second-order valence-electron chi connectivity index (χ2n) is 5.23. The molecule has 1 fully saturated rings. The lowest BCUT2D eigenvalue weighted by Crippen LogP contribution is -2.51. The van der Waals surface area contributed by atoms with Gasteiger partial charge in [0.2, 0.25) is 0 Å². The maximum atomic E-state index is 9.13. The molecule has 0 aromatic heterocycles. The van der Waals surface area contributed by atoms with E-state index in [0.29, 0.717) is 6.04 Å². The number of hydrogen-bond acceptors (Lipinski definition) is 4. The van der Waals surface area contributed by atoms with Crippen LogP contribution < -0.4 is 0 Å². The highest BCUT2D eigenvalue weighted by molar-refractivity contribution is 7.98. The van der Waals surface area contributed by atoms with Gasteiger partial charge >= 0.3 is 0 Å². The Balaban J connectivity index is 1.95. The zero-order valence-corrected chi connectivity index (χ0v) is 12.7. The molecule has 0 unspecified atom stereocenters. The van der Waals surface area contributed by atoms with Gasteiger partial charge in [-0.1, -0.05) is 12.1 Å². The van der Waals surface area contributed by atoms with Crippen molar-refractivity contribution in [2.75, 3.05) is 39.5 Å². The van der Waals surface area contributed by atoms with Crippen LogP contribution in [-0.4, -0.2) is 60.5 Å². The number of aliphatic hydroxyl groups excluding tert-OH is 1. The highest BCUT2D eigenvalue weighted by Gasteiger charge is 2.23. The standard InChI is InChI=1S/C15H24N2OS/c1-16-7-8-17(12-14(16)6-9-18)11-13-4-3-5-15(10-13)19-2/h3-5,10,14,18H,6-9,11-12H2,1-2H3/t14-/m0/s1. The molecule has 19 heavy (non-hydrogen) atoms. The van der Waals surface area contributed by atoms with Gasteiger partial charge in [-0.15, -0.1) is 11.8 Å². The van der Waals surface area contributed by atoms with Crippen molar-refractivity contribution in [3.05, 3.63) is 29.8 Å². The highest BCUT2D eigenvalue weighted by Crippen LogP contribution is 2.18. The van der Waals surface area contributed by atoms with Crippen molar-refractivity contribution in [2.24, 2.45) is 0 Å². The Morgan fingerprint density at radius 3 is 2.95 bits per heavy atom. The molecule has 1 atom stereocenters. The van der Waals surface area contributed by atoms with Gasteiger partial charge in [0.05, 0.1) is 0 Å². The van der Waals surface area contributed by atoms with E-state index < -0.39 is 0 Å². The van der Waals surface area contributed by atoms with Crippen molar-refractivity contribution in [3.8, 4) is 0 Å². The maximum absolute atomic E-state index is 9.13. The van der Waals surface area contributed by atoms with E-state index >= 15 is 0 Å². The molecule has 0 aliphatic carbocycles. The lowest BCUT2D eigenvalue weighted by atomic mass is 10.1. The molecule has 1 aromatic carbocycles. The number of nitrogens with zero attached hydrogens (tertiary/aromatic N) is 2. The summed E-state index contributed by atoms with van der Waals surface area (Å²) in [4.78, 5) is 6.20. The maximum Gasteiger partial charge on any atom is 0.0446 e. The molecule has 0 bridgehead atoms.